The Bertz CT molecular complexity index is 806. The van der Waals surface area contributed by atoms with E-state index in [0.29, 0.717) is 11.9 Å². The number of nitrogens with one attached hydrogen (secondary N) is 3. The molecule has 1 aromatic carbocycles. The number of aryl methyl sites for hydroxylation is 1. The van der Waals surface area contributed by atoms with E-state index in [2.05, 4.69) is 63.8 Å². The normalized spacial score (nSPS) is 11.2. The minimum Gasteiger partial charge on any atom is -0.370 e. The number of para-hydroxylation sites is 1. The van der Waals surface area contributed by atoms with E-state index in [1.807, 2.05) is 19.1 Å². The lowest BCUT2D eigenvalue weighted by Gasteiger charge is -2.11. The number of fused-ring (bicyclic) bond motifs is 1. The van der Waals surface area contributed by atoms with Gasteiger partial charge in [-0.05, 0) is 30.9 Å². The molecule has 3 aromatic rings. The average molecular weight is 323 g/mol. The number of aromatic nitrogens is 3. The smallest absolute Gasteiger partial charge is 0.224 e. The third-order valence-corrected chi connectivity index (χ3v) is 3.90. The Morgan fingerprint density at radius 1 is 1.12 bits per heavy atom. The fourth-order valence-corrected chi connectivity index (χ4v) is 2.69. The molecule has 3 N–H and O–H groups in total. The van der Waals surface area contributed by atoms with E-state index in [9.17, 15) is 0 Å². The Hall–Kier alpha value is -2.56. The van der Waals surface area contributed by atoms with Crippen molar-refractivity contribution in [3.05, 3.63) is 47.8 Å². The average Bonchev–Trinajstić information content (AvgIpc) is 2.96. The zero-order valence-electron chi connectivity index (χ0n) is 14.6. The molecule has 0 spiro atoms. The first-order chi connectivity index (χ1) is 11.6. The number of anilines is 2. The fraction of sp³-hybridized carbons (Fsp3) is 0.368. The minimum atomic E-state index is 0.582. The van der Waals surface area contributed by atoms with Crippen LogP contribution in [0.3, 0.4) is 0 Å². The topological polar surface area (TPSA) is 65.6 Å². The van der Waals surface area contributed by atoms with Gasteiger partial charge in [-0.2, -0.15) is 4.98 Å². The van der Waals surface area contributed by atoms with Crippen molar-refractivity contribution in [2.45, 2.75) is 27.2 Å². The molecule has 24 heavy (non-hydrogen) atoms. The summed E-state index contributed by atoms with van der Waals surface area (Å²) in [7, 11) is 0. The summed E-state index contributed by atoms with van der Waals surface area (Å²) in [5, 5.41) is 7.98. The molecule has 5 heteroatoms. The van der Waals surface area contributed by atoms with Crippen LogP contribution < -0.4 is 10.6 Å². The van der Waals surface area contributed by atoms with Crippen LogP contribution in [0.1, 0.15) is 25.1 Å². The minimum absolute atomic E-state index is 0.582. The highest BCUT2D eigenvalue weighted by atomic mass is 15.1. The van der Waals surface area contributed by atoms with Crippen LogP contribution in [-0.4, -0.2) is 28.0 Å². The van der Waals surface area contributed by atoms with Gasteiger partial charge in [0.05, 0.1) is 0 Å². The number of benzene rings is 1. The summed E-state index contributed by atoms with van der Waals surface area (Å²) in [4.78, 5) is 12.3. The second-order valence-corrected chi connectivity index (χ2v) is 6.53. The highest BCUT2D eigenvalue weighted by Gasteiger charge is 2.05. The van der Waals surface area contributed by atoms with Gasteiger partial charge < -0.3 is 15.6 Å². The quantitative estimate of drug-likeness (QED) is 0.615. The van der Waals surface area contributed by atoms with E-state index in [1.165, 1.54) is 16.5 Å². The van der Waals surface area contributed by atoms with Crippen molar-refractivity contribution in [2.75, 3.05) is 23.7 Å². The van der Waals surface area contributed by atoms with Gasteiger partial charge in [-0.15, -0.1) is 0 Å². The van der Waals surface area contributed by atoms with Gasteiger partial charge in [0.1, 0.15) is 5.82 Å². The number of nitrogens with zero attached hydrogens (tertiary/aromatic N) is 2. The van der Waals surface area contributed by atoms with Crippen LogP contribution in [0.15, 0.2) is 36.5 Å². The molecule has 2 aromatic heterocycles. The molecule has 5 nitrogen and oxygen atoms in total. The first kappa shape index (κ1) is 16.3. The standard InChI is InChI=1S/C19H25N5/c1-13(2)11-22-18-10-14(3)23-19(24-18)20-9-8-15-12-21-17-7-5-4-6-16(15)17/h4-7,10,12-13,21H,8-9,11H2,1-3H3,(H2,20,22,23,24). The van der Waals surface area contributed by atoms with Gasteiger partial charge in [0.2, 0.25) is 5.95 Å². The lowest BCUT2D eigenvalue weighted by Crippen LogP contribution is -2.13. The molecule has 0 unspecified atom stereocenters. The number of hydrogen-bond acceptors (Lipinski definition) is 4. The van der Waals surface area contributed by atoms with Crippen molar-refractivity contribution in [3.8, 4) is 0 Å². The Labute approximate surface area is 142 Å². The van der Waals surface area contributed by atoms with E-state index < -0.39 is 0 Å². The van der Waals surface area contributed by atoms with Crippen molar-refractivity contribution in [1.29, 1.82) is 0 Å². The summed E-state index contributed by atoms with van der Waals surface area (Å²) < 4.78 is 0. The highest BCUT2D eigenvalue weighted by Crippen LogP contribution is 2.18. The molecule has 0 saturated heterocycles. The maximum absolute atomic E-state index is 4.55. The molecule has 0 aliphatic carbocycles. The Morgan fingerprint density at radius 2 is 1.96 bits per heavy atom. The number of aromatic amines is 1. The predicted molar refractivity (Wildman–Crippen MR) is 101 cm³/mol. The summed E-state index contributed by atoms with van der Waals surface area (Å²) in [6.45, 7) is 8.07. The van der Waals surface area contributed by atoms with Crippen LogP contribution in [-0.2, 0) is 6.42 Å². The van der Waals surface area contributed by atoms with Gasteiger partial charge in [0.25, 0.3) is 0 Å². The molecule has 3 rings (SSSR count). The first-order valence-corrected chi connectivity index (χ1v) is 8.50. The molecule has 0 saturated carbocycles. The van der Waals surface area contributed by atoms with Crippen LogP contribution in [0.25, 0.3) is 10.9 Å². The van der Waals surface area contributed by atoms with E-state index >= 15 is 0 Å². The van der Waals surface area contributed by atoms with E-state index in [0.717, 1.165) is 31.0 Å². The zero-order valence-corrected chi connectivity index (χ0v) is 14.6. The third kappa shape index (κ3) is 4.04. The van der Waals surface area contributed by atoms with Gasteiger partial charge in [-0.3, -0.25) is 0 Å². The Morgan fingerprint density at radius 3 is 2.79 bits per heavy atom. The highest BCUT2D eigenvalue weighted by molar-refractivity contribution is 5.83. The summed E-state index contributed by atoms with van der Waals surface area (Å²) >= 11 is 0. The molecule has 0 aliphatic heterocycles. The maximum Gasteiger partial charge on any atom is 0.224 e. The van der Waals surface area contributed by atoms with Crippen molar-refractivity contribution < 1.29 is 0 Å². The molecular formula is C19H25N5. The molecule has 0 fully saturated rings. The second kappa shape index (κ2) is 7.34. The van der Waals surface area contributed by atoms with Gasteiger partial charge in [0.15, 0.2) is 0 Å². The molecule has 0 amide bonds. The monoisotopic (exact) mass is 323 g/mol. The molecule has 0 bridgehead atoms. The first-order valence-electron chi connectivity index (χ1n) is 8.50. The molecule has 0 atom stereocenters. The van der Waals surface area contributed by atoms with E-state index in [4.69, 9.17) is 0 Å². The second-order valence-electron chi connectivity index (χ2n) is 6.53. The number of H-pyrrole nitrogens is 1. The summed E-state index contributed by atoms with van der Waals surface area (Å²) in [6, 6.07) is 10.4. The lowest BCUT2D eigenvalue weighted by atomic mass is 10.1. The fourth-order valence-electron chi connectivity index (χ4n) is 2.69. The molecule has 2 heterocycles. The summed E-state index contributed by atoms with van der Waals surface area (Å²) in [5.41, 5.74) is 3.45. The van der Waals surface area contributed by atoms with Gasteiger partial charge in [-0.25, -0.2) is 4.98 Å². The largest absolute Gasteiger partial charge is 0.370 e. The van der Waals surface area contributed by atoms with Crippen LogP contribution in [0.4, 0.5) is 11.8 Å². The Kier molecular flexibility index (Phi) is 4.99. The van der Waals surface area contributed by atoms with Crippen LogP contribution in [0, 0.1) is 12.8 Å². The molecule has 126 valence electrons. The van der Waals surface area contributed by atoms with Gasteiger partial charge in [-0.1, -0.05) is 32.0 Å². The van der Waals surface area contributed by atoms with Crippen molar-refractivity contribution in [1.82, 2.24) is 15.0 Å². The zero-order chi connectivity index (χ0) is 16.9. The lowest BCUT2D eigenvalue weighted by molar-refractivity contribution is 0.686. The van der Waals surface area contributed by atoms with Gasteiger partial charge in [0, 0.05) is 41.9 Å². The predicted octanol–water partition coefficient (Wildman–Crippen LogP) is 3.99. The van der Waals surface area contributed by atoms with Crippen molar-refractivity contribution in [3.63, 3.8) is 0 Å². The summed E-state index contributed by atoms with van der Waals surface area (Å²) in [5.74, 6) is 2.14. The molecule has 0 aliphatic rings. The maximum atomic E-state index is 4.55. The SMILES string of the molecule is Cc1cc(NCC(C)C)nc(NCCc2c[nH]c3ccccc23)n1. The van der Waals surface area contributed by atoms with Crippen LogP contribution in [0.2, 0.25) is 0 Å². The molecule has 0 radical (unpaired) electrons. The summed E-state index contributed by atoms with van der Waals surface area (Å²) in [6.07, 6.45) is 3.01. The van der Waals surface area contributed by atoms with Crippen molar-refractivity contribution in [2.24, 2.45) is 5.92 Å². The number of hydrogen-bond donors (Lipinski definition) is 3. The van der Waals surface area contributed by atoms with Crippen LogP contribution in [0.5, 0.6) is 0 Å². The van der Waals surface area contributed by atoms with E-state index in [-0.39, 0.29) is 0 Å². The Balaban J connectivity index is 1.62. The van der Waals surface area contributed by atoms with Gasteiger partial charge >= 0.3 is 0 Å². The number of rotatable bonds is 7. The van der Waals surface area contributed by atoms with Crippen molar-refractivity contribution >= 4 is 22.7 Å². The van der Waals surface area contributed by atoms with Crippen LogP contribution >= 0.6 is 0 Å². The molecular weight excluding hydrogens is 298 g/mol. The van der Waals surface area contributed by atoms with E-state index in [1.54, 1.807) is 0 Å². The third-order valence-electron chi connectivity index (χ3n) is 3.90.